The maximum absolute atomic E-state index is 13.7. The van der Waals surface area contributed by atoms with E-state index in [1.807, 2.05) is 20.8 Å². The van der Waals surface area contributed by atoms with E-state index in [0.29, 0.717) is 29.1 Å². The van der Waals surface area contributed by atoms with Crippen LogP contribution in [0.25, 0.3) is 11.0 Å². The molecule has 0 radical (unpaired) electrons. The first-order valence-corrected chi connectivity index (χ1v) is 13.1. The summed E-state index contributed by atoms with van der Waals surface area (Å²) in [5.41, 5.74) is 0.423. The van der Waals surface area contributed by atoms with Crippen LogP contribution in [0.1, 0.15) is 70.4 Å². The van der Waals surface area contributed by atoms with Crippen LogP contribution in [-0.4, -0.2) is 60.9 Å². The Morgan fingerprint density at radius 1 is 1.08 bits per heavy atom. The number of anilines is 1. The van der Waals surface area contributed by atoms with E-state index in [-0.39, 0.29) is 30.3 Å². The lowest BCUT2D eigenvalue weighted by atomic mass is 9.75. The summed E-state index contributed by atoms with van der Waals surface area (Å²) in [7, 11) is 1.74. The molecule has 37 heavy (non-hydrogen) atoms. The van der Waals surface area contributed by atoms with Crippen molar-refractivity contribution in [3.8, 4) is 0 Å². The average Bonchev–Trinajstić information content (AvgIpc) is 3.48. The van der Waals surface area contributed by atoms with E-state index in [0.717, 1.165) is 32.1 Å². The molecule has 2 heterocycles. The number of amides is 2. The predicted octanol–water partition coefficient (Wildman–Crippen LogP) is 5.38. The van der Waals surface area contributed by atoms with E-state index < -0.39 is 23.7 Å². The lowest BCUT2D eigenvalue weighted by molar-refractivity contribution is -0.122. The zero-order valence-corrected chi connectivity index (χ0v) is 22.4. The normalized spacial score (nSPS) is 24.2. The first-order valence-electron chi connectivity index (χ1n) is 13.1. The second-order valence-electron chi connectivity index (χ2n) is 10.9. The highest BCUT2D eigenvalue weighted by Crippen LogP contribution is 2.40. The number of esters is 1. The molecule has 2 amide bonds. The Morgan fingerprint density at radius 2 is 1.81 bits per heavy atom. The lowest BCUT2D eigenvalue weighted by Gasteiger charge is -2.35. The number of hydrogen-bond donors (Lipinski definition) is 1. The summed E-state index contributed by atoms with van der Waals surface area (Å²) < 4.78 is 21.8. The Labute approximate surface area is 217 Å². The van der Waals surface area contributed by atoms with E-state index >= 15 is 0 Å². The molecule has 1 aliphatic carbocycles. The summed E-state index contributed by atoms with van der Waals surface area (Å²) >= 11 is 0. The summed E-state index contributed by atoms with van der Waals surface area (Å²) in [4.78, 5) is 40.4. The second-order valence-corrected chi connectivity index (χ2v) is 10.9. The van der Waals surface area contributed by atoms with Gasteiger partial charge in [-0.15, -0.1) is 0 Å². The molecular formula is C28H38N2O7. The Kier molecular flexibility index (Phi) is 8.11. The quantitative estimate of drug-likeness (QED) is 0.516. The average molecular weight is 515 g/mol. The zero-order chi connectivity index (χ0) is 26.7. The first kappa shape index (κ1) is 27.0. The summed E-state index contributed by atoms with van der Waals surface area (Å²) in [5.74, 6) is -0.291. The third-order valence-corrected chi connectivity index (χ3v) is 7.26. The van der Waals surface area contributed by atoms with E-state index in [4.69, 9.17) is 18.6 Å². The van der Waals surface area contributed by atoms with E-state index in [1.54, 1.807) is 43.2 Å². The van der Waals surface area contributed by atoms with Gasteiger partial charge in [-0.1, -0.05) is 0 Å². The SMILES string of the molecule is CCOC(=O)c1cc2cc(NC(=O)[C@@H]3[C@H](C4CCC(OC)CC4)CCN3C(=O)OC(C)(C)C)ccc2o1. The number of nitrogens with one attached hydrogen (secondary N) is 1. The fourth-order valence-electron chi connectivity index (χ4n) is 5.56. The van der Waals surface area contributed by atoms with Gasteiger partial charge in [-0.05, 0) is 95.9 Å². The Bertz CT molecular complexity index is 1130. The van der Waals surface area contributed by atoms with Gasteiger partial charge in [-0.2, -0.15) is 0 Å². The number of nitrogens with zero attached hydrogens (tertiary/aromatic N) is 1. The van der Waals surface area contributed by atoms with Crippen LogP contribution in [0.15, 0.2) is 28.7 Å². The van der Waals surface area contributed by atoms with Gasteiger partial charge in [-0.3, -0.25) is 9.69 Å². The zero-order valence-electron chi connectivity index (χ0n) is 22.4. The minimum atomic E-state index is -0.657. The molecule has 1 saturated heterocycles. The number of benzene rings is 1. The topological polar surface area (TPSA) is 107 Å². The molecule has 9 heteroatoms. The second kappa shape index (κ2) is 11.1. The molecule has 0 bridgehead atoms. The predicted molar refractivity (Wildman–Crippen MR) is 138 cm³/mol. The number of fused-ring (bicyclic) bond motifs is 1. The molecule has 4 rings (SSSR count). The number of carbonyl (C=O) groups is 3. The van der Waals surface area contributed by atoms with Crippen molar-refractivity contribution in [2.45, 2.75) is 77.5 Å². The highest BCUT2D eigenvalue weighted by atomic mass is 16.6. The number of furan rings is 1. The van der Waals surface area contributed by atoms with Crippen molar-refractivity contribution in [2.75, 3.05) is 25.6 Å². The van der Waals surface area contributed by atoms with Crippen LogP contribution < -0.4 is 5.32 Å². The summed E-state index contributed by atoms with van der Waals surface area (Å²) in [6.45, 7) is 7.93. The van der Waals surface area contributed by atoms with Gasteiger partial charge in [0.1, 0.15) is 17.2 Å². The first-order chi connectivity index (χ1) is 17.6. The van der Waals surface area contributed by atoms with Crippen molar-refractivity contribution < 1.29 is 33.0 Å². The molecule has 1 aliphatic heterocycles. The molecule has 202 valence electrons. The van der Waals surface area contributed by atoms with Crippen LogP contribution in [0, 0.1) is 11.8 Å². The molecule has 1 aromatic heterocycles. The van der Waals surface area contributed by atoms with E-state index in [1.165, 1.54) is 0 Å². The maximum Gasteiger partial charge on any atom is 0.410 e. The fourth-order valence-corrected chi connectivity index (χ4v) is 5.56. The lowest BCUT2D eigenvalue weighted by Crippen LogP contribution is -2.49. The molecule has 2 aromatic rings. The van der Waals surface area contributed by atoms with Crippen molar-refractivity contribution in [3.05, 3.63) is 30.0 Å². The van der Waals surface area contributed by atoms with Crippen molar-refractivity contribution in [3.63, 3.8) is 0 Å². The van der Waals surface area contributed by atoms with Crippen molar-refractivity contribution in [1.29, 1.82) is 0 Å². The Hall–Kier alpha value is -3.07. The standard InChI is InChI=1S/C28H38N2O7/c1-6-35-26(32)23-16-18-15-19(9-12-22(18)36-23)29-25(31)24-21(17-7-10-20(34-5)11-8-17)13-14-30(24)27(33)37-28(2,3)4/h9,12,15-17,20-21,24H,6-8,10-11,13-14H2,1-5H3,(H,29,31)/t17?,20?,21-,24-/m0/s1. The molecule has 1 N–H and O–H groups in total. The summed E-state index contributed by atoms with van der Waals surface area (Å²) in [6, 6.07) is 6.16. The van der Waals surface area contributed by atoms with Crippen LogP contribution in [0.2, 0.25) is 0 Å². The number of methoxy groups -OCH3 is 1. The van der Waals surface area contributed by atoms with Gasteiger partial charge in [0.25, 0.3) is 0 Å². The minimum absolute atomic E-state index is 0.0402. The molecule has 1 saturated carbocycles. The fraction of sp³-hybridized carbons (Fsp3) is 0.607. The van der Waals surface area contributed by atoms with Gasteiger partial charge in [-0.25, -0.2) is 9.59 Å². The van der Waals surface area contributed by atoms with Crippen LogP contribution in [-0.2, 0) is 19.0 Å². The molecule has 2 atom stereocenters. The van der Waals surface area contributed by atoms with Crippen LogP contribution in [0.5, 0.6) is 0 Å². The van der Waals surface area contributed by atoms with Gasteiger partial charge in [0, 0.05) is 24.7 Å². The summed E-state index contributed by atoms with van der Waals surface area (Å²) in [5, 5.41) is 3.68. The van der Waals surface area contributed by atoms with Crippen molar-refractivity contribution in [2.24, 2.45) is 11.8 Å². The number of carbonyl (C=O) groups excluding carboxylic acids is 3. The largest absolute Gasteiger partial charge is 0.460 e. The Balaban J connectivity index is 1.55. The highest BCUT2D eigenvalue weighted by molar-refractivity contribution is 5.99. The van der Waals surface area contributed by atoms with Gasteiger partial charge in [0.2, 0.25) is 11.7 Å². The van der Waals surface area contributed by atoms with E-state index in [9.17, 15) is 14.4 Å². The number of likely N-dealkylation sites (tertiary alicyclic amines) is 1. The molecule has 9 nitrogen and oxygen atoms in total. The molecule has 1 aromatic carbocycles. The molecule has 0 spiro atoms. The van der Waals surface area contributed by atoms with Crippen LogP contribution >= 0.6 is 0 Å². The Morgan fingerprint density at radius 3 is 2.46 bits per heavy atom. The monoisotopic (exact) mass is 514 g/mol. The van der Waals surface area contributed by atoms with Crippen molar-refractivity contribution >= 4 is 34.6 Å². The molecule has 2 fully saturated rings. The number of ether oxygens (including phenoxy) is 3. The van der Waals surface area contributed by atoms with Crippen LogP contribution in [0.4, 0.5) is 10.5 Å². The van der Waals surface area contributed by atoms with Crippen LogP contribution in [0.3, 0.4) is 0 Å². The minimum Gasteiger partial charge on any atom is -0.460 e. The molecule has 2 aliphatic rings. The molecule has 0 unspecified atom stereocenters. The van der Waals surface area contributed by atoms with Gasteiger partial charge in [0.15, 0.2) is 0 Å². The third kappa shape index (κ3) is 6.26. The number of rotatable bonds is 6. The van der Waals surface area contributed by atoms with Gasteiger partial charge < -0.3 is 23.9 Å². The van der Waals surface area contributed by atoms with Crippen molar-refractivity contribution in [1.82, 2.24) is 4.90 Å². The van der Waals surface area contributed by atoms with Gasteiger partial charge in [0.05, 0.1) is 12.7 Å². The maximum atomic E-state index is 13.7. The van der Waals surface area contributed by atoms with E-state index in [2.05, 4.69) is 5.32 Å². The third-order valence-electron chi connectivity index (χ3n) is 7.26. The smallest absolute Gasteiger partial charge is 0.410 e. The van der Waals surface area contributed by atoms with Gasteiger partial charge >= 0.3 is 12.1 Å². The molecular weight excluding hydrogens is 476 g/mol. The number of hydrogen-bond acceptors (Lipinski definition) is 7. The highest BCUT2D eigenvalue weighted by Gasteiger charge is 2.47. The summed E-state index contributed by atoms with van der Waals surface area (Å²) in [6.07, 6.45) is 4.39.